The molecule has 4 nitrogen and oxygen atoms in total. The summed E-state index contributed by atoms with van der Waals surface area (Å²) >= 11 is 6.96. The van der Waals surface area contributed by atoms with Gasteiger partial charge < -0.3 is 9.47 Å². The summed E-state index contributed by atoms with van der Waals surface area (Å²) in [5.41, 5.74) is 0. The first kappa shape index (κ1) is 60.0. The Bertz CT molecular complexity index is 729. The third-order valence-electron chi connectivity index (χ3n) is 11.9. The number of unbranched alkanes of at least 4 members (excludes halogenated alkanes) is 28. The molecule has 0 saturated heterocycles. The van der Waals surface area contributed by atoms with E-state index in [9.17, 15) is 9.59 Å². The molecule has 0 rings (SSSR count). The molecular formula is C52H102Br2O4. The quantitative estimate of drug-likeness (QED) is 0.0347. The zero-order chi connectivity index (χ0) is 42.8. The predicted octanol–water partition coefficient (Wildman–Crippen LogP) is 18.8. The van der Waals surface area contributed by atoms with Gasteiger partial charge in [-0.05, 0) is 63.2 Å². The maximum absolute atomic E-state index is 12.1. The predicted molar refractivity (Wildman–Crippen MR) is 264 cm³/mol. The van der Waals surface area contributed by atoms with Crippen LogP contribution in [0, 0.1) is 11.8 Å². The van der Waals surface area contributed by atoms with Gasteiger partial charge in [-0.2, -0.15) is 0 Å². The van der Waals surface area contributed by atoms with Gasteiger partial charge in [0.15, 0.2) is 0 Å². The molecule has 2 atom stereocenters. The lowest BCUT2D eigenvalue weighted by molar-refractivity contribution is -0.146. The smallest absolute Gasteiger partial charge is 0.305 e. The van der Waals surface area contributed by atoms with Gasteiger partial charge in [-0.25, -0.2) is 0 Å². The van der Waals surface area contributed by atoms with E-state index in [0.717, 1.165) is 23.5 Å². The minimum Gasteiger partial charge on any atom is -0.465 e. The maximum Gasteiger partial charge on any atom is 0.305 e. The molecule has 0 fully saturated rings. The van der Waals surface area contributed by atoms with Crippen LogP contribution in [0.4, 0.5) is 0 Å². The second-order valence-electron chi connectivity index (χ2n) is 17.7. The molecule has 348 valence electrons. The van der Waals surface area contributed by atoms with Gasteiger partial charge in [0.2, 0.25) is 0 Å². The van der Waals surface area contributed by atoms with Crippen LogP contribution in [-0.4, -0.2) is 35.8 Å². The minimum absolute atomic E-state index is 0.0331. The van der Waals surface area contributed by atoms with E-state index in [1.165, 1.54) is 231 Å². The summed E-state index contributed by atoms with van der Waals surface area (Å²) in [6.45, 7) is 10.4. The molecule has 0 aromatic carbocycles. The molecule has 6 heteroatoms. The van der Waals surface area contributed by atoms with Gasteiger partial charge in [0, 0.05) is 23.5 Å². The molecule has 0 radical (unpaired) electrons. The lowest BCUT2D eigenvalue weighted by Crippen LogP contribution is -2.14. The summed E-state index contributed by atoms with van der Waals surface area (Å²) in [6.07, 6.45) is 50.1. The largest absolute Gasteiger partial charge is 0.465 e. The summed E-state index contributed by atoms with van der Waals surface area (Å²) in [5, 5.41) is 2.24. The topological polar surface area (TPSA) is 52.6 Å². The number of ether oxygens (including phenoxy) is 2. The Morgan fingerprint density at radius 1 is 0.328 bits per heavy atom. The number of hydrogen-bond acceptors (Lipinski definition) is 4. The molecule has 0 heterocycles. The summed E-state index contributed by atoms with van der Waals surface area (Å²) < 4.78 is 11.3. The second kappa shape index (κ2) is 53.0. The van der Waals surface area contributed by atoms with Gasteiger partial charge in [0.1, 0.15) is 0 Å². The fourth-order valence-corrected chi connectivity index (χ4v) is 8.62. The van der Waals surface area contributed by atoms with Crippen LogP contribution in [0.15, 0.2) is 0 Å². The number of esters is 2. The highest BCUT2D eigenvalue weighted by Crippen LogP contribution is 2.22. The third kappa shape index (κ3) is 50.3. The van der Waals surface area contributed by atoms with Crippen LogP contribution in [0.1, 0.15) is 285 Å². The number of carbonyl (C=O) groups is 2. The SMILES string of the molecule is CCCCCCCCC(CCCCCC)COC(=O)CCCCCCCCCBr.CCCCCCCCC(CCCCCC)COC(=O)CCCCCCCCCBr. The summed E-state index contributed by atoms with van der Waals surface area (Å²) in [6, 6.07) is 0. The van der Waals surface area contributed by atoms with Crippen molar-refractivity contribution in [3.63, 3.8) is 0 Å². The third-order valence-corrected chi connectivity index (χ3v) is 13.0. The molecule has 0 aliphatic carbocycles. The van der Waals surface area contributed by atoms with Crippen molar-refractivity contribution in [2.75, 3.05) is 23.9 Å². The molecule has 0 saturated carbocycles. The highest BCUT2D eigenvalue weighted by atomic mass is 79.9. The summed E-state index contributed by atoms with van der Waals surface area (Å²) in [5.74, 6) is 1.23. The fraction of sp³-hybridized carbons (Fsp3) is 0.962. The zero-order valence-corrected chi connectivity index (χ0v) is 42.8. The maximum atomic E-state index is 12.1. The molecule has 0 aliphatic rings. The molecule has 0 bridgehead atoms. The van der Waals surface area contributed by atoms with Crippen molar-refractivity contribution in [2.24, 2.45) is 11.8 Å². The Labute approximate surface area is 381 Å². The fourth-order valence-electron chi connectivity index (χ4n) is 7.83. The number of carbonyl (C=O) groups excluding carboxylic acids is 2. The van der Waals surface area contributed by atoms with Gasteiger partial charge in [-0.1, -0.05) is 252 Å². The van der Waals surface area contributed by atoms with E-state index in [0.29, 0.717) is 37.9 Å². The van der Waals surface area contributed by atoms with Gasteiger partial charge in [-0.3, -0.25) is 9.59 Å². The Kier molecular flexibility index (Phi) is 54.9. The monoisotopic (exact) mass is 949 g/mol. The van der Waals surface area contributed by atoms with E-state index < -0.39 is 0 Å². The van der Waals surface area contributed by atoms with Crippen LogP contribution in [0.2, 0.25) is 0 Å². The van der Waals surface area contributed by atoms with E-state index >= 15 is 0 Å². The average Bonchev–Trinajstić information content (AvgIpc) is 3.23. The van der Waals surface area contributed by atoms with E-state index in [-0.39, 0.29) is 11.9 Å². The highest BCUT2D eigenvalue weighted by molar-refractivity contribution is 9.09. The van der Waals surface area contributed by atoms with Crippen molar-refractivity contribution in [3.05, 3.63) is 0 Å². The molecule has 0 spiro atoms. The highest BCUT2D eigenvalue weighted by Gasteiger charge is 2.14. The standard InChI is InChI=1S/2C26H51BrO2/c2*1-3-5-7-9-13-17-21-25(20-16-8-6-4-2)24-29-26(28)22-18-14-11-10-12-15-19-23-27/h2*25H,3-24H2,1-2H3. The first-order valence-corrected chi connectivity index (χ1v) is 28.2. The van der Waals surface area contributed by atoms with Crippen LogP contribution in [0.5, 0.6) is 0 Å². The van der Waals surface area contributed by atoms with E-state index in [4.69, 9.17) is 9.47 Å². The molecule has 2 unspecified atom stereocenters. The summed E-state index contributed by atoms with van der Waals surface area (Å²) in [4.78, 5) is 24.2. The van der Waals surface area contributed by atoms with Crippen molar-refractivity contribution in [1.29, 1.82) is 0 Å². The first-order chi connectivity index (χ1) is 28.5. The van der Waals surface area contributed by atoms with Crippen LogP contribution in [0.3, 0.4) is 0 Å². The minimum atomic E-state index is 0.0331. The number of halogens is 2. The van der Waals surface area contributed by atoms with Crippen LogP contribution < -0.4 is 0 Å². The van der Waals surface area contributed by atoms with Gasteiger partial charge in [0.25, 0.3) is 0 Å². The molecule has 0 N–H and O–H groups in total. The van der Waals surface area contributed by atoms with E-state index in [1.54, 1.807) is 0 Å². The van der Waals surface area contributed by atoms with Crippen molar-refractivity contribution >= 4 is 43.8 Å². The lowest BCUT2D eigenvalue weighted by atomic mass is 9.95. The lowest BCUT2D eigenvalue weighted by Gasteiger charge is -2.17. The van der Waals surface area contributed by atoms with Gasteiger partial charge >= 0.3 is 11.9 Å². The Balaban J connectivity index is 0. The molecule has 0 aliphatic heterocycles. The average molecular weight is 951 g/mol. The van der Waals surface area contributed by atoms with Gasteiger partial charge in [-0.15, -0.1) is 0 Å². The molecule has 0 amide bonds. The van der Waals surface area contributed by atoms with Crippen molar-refractivity contribution < 1.29 is 19.1 Å². The van der Waals surface area contributed by atoms with Crippen molar-refractivity contribution in [3.8, 4) is 0 Å². The number of rotatable bonds is 46. The Hall–Kier alpha value is -0.100. The number of hydrogen-bond donors (Lipinski definition) is 0. The van der Waals surface area contributed by atoms with Crippen LogP contribution in [0.25, 0.3) is 0 Å². The Morgan fingerprint density at radius 2 is 0.552 bits per heavy atom. The molecule has 0 aromatic rings. The Morgan fingerprint density at radius 3 is 0.828 bits per heavy atom. The van der Waals surface area contributed by atoms with Crippen molar-refractivity contribution in [2.45, 2.75) is 285 Å². The van der Waals surface area contributed by atoms with Crippen LogP contribution >= 0.6 is 31.9 Å². The number of alkyl halides is 2. The van der Waals surface area contributed by atoms with Gasteiger partial charge in [0.05, 0.1) is 13.2 Å². The molecule has 0 aromatic heterocycles. The van der Waals surface area contributed by atoms with Crippen LogP contribution in [-0.2, 0) is 19.1 Å². The first-order valence-electron chi connectivity index (χ1n) is 25.9. The second-order valence-corrected chi connectivity index (χ2v) is 19.3. The normalized spacial score (nSPS) is 12.2. The molecule has 58 heavy (non-hydrogen) atoms. The molecular weight excluding hydrogens is 848 g/mol. The van der Waals surface area contributed by atoms with E-state index in [1.807, 2.05) is 0 Å². The zero-order valence-electron chi connectivity index (χ0n) is 39.7. The summed E-state index contributed by atoms with van der Waals surface area (Å²) in [7, 11) is 0. The van der Waals surface area contributed by atoms with E-state index in [2.05, 4.69) is 59.6 Å². The van der Waals surface area contributed by atoms with Crippen molar-refractivity contribution in [1.82, 2.24) is 0 Å².